The summed E-state index contributed by atoms with van der Waals surface area (Å²) in [5.41, 5.74) is 0.295. The monoisotopic (exact) mass is 338 g/mol. The molecule has 1 atom stereocenters. The summed E-state index contributed by atoms with van der Waals surface area (Å²) in [6, 6.07) is 4.83. The Kier molecular flexibility index (Phi) is 4.11. The van der Waals surface area contributed by atoms with Gasteiger partial charge in [-0.25, -0.2) is 17.9 Å². The Morgan fingerprint density at radius 1 is 1.13 bits per heavy atom. The van der Waals surface area contributed by atoms with Crippen LogP contribution in [-0.4, -0.2) is 48.9 Å². The van der Waals surface area contributed by atoms with E-state index in [0.29, 0.717) is 24.9 Å². The van der Waals surface area contributed by atoms with E-state index in [1.165, 1.54) is 29.2 Å². The first-order valence-corrected chi connectivity index (χ1v) is 9.03. The van der Waals surface area contributed by atoms with Gasteiger partial charge in [-0.05, 0) is 49.9 Å². The van der Waals surface area contributed by atoms with Gasteiger partial charge in [-0.3, -0.25) is 4.79 Å². The van der Waals surface area contributed by atoms with Gasteiger partial charge in [0, 0.05) is 18.2 Å². The third kappa shape index (κ3) is 3.37. The van der Waals surface area contributed by atoms with Crippen molar-refractivity contribution in [2.75, 3.05) is 6.54 Å². The minimum absolute atomic E-state index is 0.0160. The number of rotatable bonds is 5. The SMILES string of the molecule is O=C(O)C1CCCN1C(=O)c1ccc(S(=O)(=O)NC2CC2)cc1. The van der Waals surface area contributed by atoms with E-state index in [1.807, 2.05) is 0 Å². The molecule has 3 rings (SSSR count). The lowest BCUT2D eigenvalue weighted by atomic mass is 10.1. The van der Waals surface area contributed by atoms with Gasteiger partial charge in [-0.15, -0.1) is 0 Å². The van der Waals surface area contributed by atoms with Crippen LogP contribution in [0.1, 0.15) is 36.0 Å². The molecule has 1 saturated carbocycles. The summed E-state index contributed by atoms with van der Waals surface area (Å²) < 4.78 is 26.7. The van der Waals surface area contributed by atoms with Crippen LogP contribution in [-0.2, 0) is 14.8 Å². The molecule has 23 heavy (non-hydrogen) atoms. The van der Waals surface area contributed by atoms with Gasteiger partial charge in [0.15, 0.2) is 0 Å². The molecule has 1 aliphatic heterocycles. The average Bonchev–Trinajstić information content (AvgIpc) is 3.17. The zero-order chi connectivity index (χ0) is 16.6. The normalized spacial score (nSPS) is 21.4. The first kappa shape index (κ1) is 15.9. The molecule has 0 spiro atoms. The van der Waals surface area contributed by atoms with Gasteiger partial charge in [0.2, 0.25) is 10.0 Å². The van der Waals surface area contributed by atoms with Gasteiger partial charge < -0.3 is 10.0 Å². The Bertz CT molecular complexity index is 725. The van der Waals surface area contributed by atoms with Crippen LogP contribution < -0.4 is 4.72 Å². The van der Waals surface area contributed by atoms with Gasteiger partial charge in [0.1, 0.15) is 6.04 Å². The van der Waals surface area contributed by atoms with Crippen LogP contribution in [0.3, 0.4) is 0 Å². The minimum atomic E-state index is -3.55. The van der Waals surface area contributed by atoms with E-state index in [9.17, 15) is 18.0 Å². The number of carbonyl (C=O) groups excluding carboxylic acids is 1. The van der Waals surface area contributed by atoms with Crippen LogP contribution in [0, 0.1) is 0 Å². The Hall–Kier alpha value is -1.93. The largest absolute Gasteiger partial charge is 0.480 e. The lowest BCUT2D eigenvalue weighted by Crippen LogP contribution is -2.40. The second-order valence-corrected chi connectivity index (χ2v) is 7.63. The average molecular weight is 338 g/mol. The number of carboxylic acid groups (broad SMARTS) is 1. The molecule has 1 heterocycles. The fourth-order valence-corrected chi connectivity index (χ4v) is 4.00. The quantitative estimate of drug-likeness (QED) is 0.827. The van der Waals surface area contributed by atoms with Gasteiger partial charge >= 0.3 is 5.97 Å². The van der Waals surface area contributed by atoms with Crippen LogP contribution in [0.15, 0.2) is 29.2 Å². The van der Waals surface area contributed by atoms with Crippen LogP contribution in [0.2, 0.25) is 0 Å². The van der Waals surface area contributed by atoms with E-state index in [-0.39, 0.29) is 16.8 Å². The molecule has 0 aromatic heterocycles. The first-order valence-electron chi connectivity index (χ1n) is 7.54. The zero-order valence-electron chi connectivity index (χ0n) is 12.4. The van der Waals surface area contributed by atoms with Crippen molar-refractivity contribution < 1.29 is 23.1 Å². The summed E-state index contributed by atoms with van der Waals surface area (Å²) in [7, 11) is -3.55. The number of carboxylic acids is 1. The minimum Gasteiger partial charge on any atom is -0.480 e. The van der Waals surface area contributed by atoms with Crippen molar-refractivity contribution >= 4 is 21.9 Å². The smallest absolute Gasteiger partial charge is 0.326 e. The van der Waals surface area contributed by atoms with Crippen LogP contribution in [0.25, 0.3) is 0 Å². The molecule has 1 aromatic rings. The lowest BCUT2D eigenvalue weighted by molar-refractivity contribution is -0.141. The van der Waals surface area contributed by atoms with E-state index >= 15 is 0 Å². The maximum absolute atomic E-state index is 12.4. The predicted octanol–water partition coefficient (Wildman–Crippen LogP) is 0.817. The van der Waals surface area contributed by atoms with Crippen molar-refractivity contribution in [3.05, 3.63) is 29.8 Å². The van der Waals surface area contributed by atoms with Gasteiger partial charge in [-0.2, -0.15) is 0 Å². The maximum Gasteiger partial charge on any atom is 0.326 e. The number of benzene rings is 1. The third-order valence-electron chi connectivity index (χ3n) is 4.11. The molecule has 2 aliphatic rings. The van der Waals surface area contributed by atoms with Crippen LogP contribution in [0.4, 0.5) is 0 Å². The number of nitrogens with zero attached hydrogens (tertiary/aromatic N) is 1. The highest BCUT2D eigenvalue weighted by Gasteiger charge is 2.34. The summed E-state index contributed by atoms with van der Waals surface area (Å²) in [6.07, 6.45) is 2.79. The number of hydrogen-bond acceptors (Lipinski definition) is 4. The number of aliphatic carboxylic acids is 1. The highest BCUT2D eigenvalue weighted by molar-refractivity contribution is 7.89. The van der Waals surface area contributed by atoms with Crippen LogP contribution in [0.5, 0.6) is 0 Å². The Morgan fingerprint density at radius 3 is 2.35 bits per heavy atom. The molecule has 1 aliphatic carbocycles. The summed E-state index contributed by atoms with van der Waals surface area (Å²) in [5.74, 6) is -1.39. The van der Waals surface area contributed by atoms with E-state index in [2.05, 4.69) is 4.72 Å². The molecule has 2 fully saturated rings. The number of hydrogen-bond donors (Lipinski definition) is 2. The number of carbonyl (C=O) groups is 2. The highest BCUT2D eigenvalue weighted by atomic mass is 32.2. The summed E-state index contributed by atoms with van der Waals surface area (Å²) in [6.45, 7) is 0.402. The lowest BCUT2D eigenvalue weighted by Gasteiger charge is -2.21. The molecule has 7 nitrogen and oxygen atoms in total. The van der Waals surface area contributed by atoms with Crippen molar-refractivity contribution in [2.45, 2.75) is 42.7 Å². The van der Waals surface area contributed by atoms with Crippen molar-refractivity contribution in [1.29, 1.82) is 0 Å². The van der Waals surface area contributed by atoms with E-state index in [1.54, 1.807) is 0 Å². The molecule has 0 radical (unpaired) electrons. The fourth-order valence-electron chi connectivity index (χ4n) is 2.70. The second kappa shape index (κ2) is 5.93. The standard InChI is InChI=1S/C15H18N2O5S/c18-14(17-9-1-2-13(17)15(19)20)10-3-7-12(8-4-10)23(21,22)16-11-5-6-11/h3-4,7-8,11,13,16H,1-2,5-6,9H2,(H,19,20). The first-order chi connectivity index (χ1) is 10.9. The molecule has 0 bridgehead atoms. The maximum atomic E-state index is 12.4. The summed E-state index contributed by atoms with van der Waals surface area (Å²) in [4.78, 5) is 25.0. The number of amides is 1. The van der Waals surface area contributed by atoms with Crippen molar-refractivity contribution in [2.24, 2.45) is 0 Å². The number of likely N-dealkylation sites (tertiary alicyclic amines) is 1. The highest BCUT2D eigenvalue weighted by Crippen LogP contribution is 2.23. The fraction of sp³-hybridized carbons (Fsp3) is 0.467. The summed E-state index contributed by atoms with van der Waals surface area (Å²) >= 11 is 0. The van der Waals surface area contributed by atoms with Gasteiger partial charge in [-0.1, -0.05) is 0 Å². The molecule has 8 heteroatoms. The molecular formula is C15H18N2O5S. The summed E-state index contributed by atoms with van der Waals surface area (Å²) in [5, 5.41) is 9.14. The van der Waals surface area contributed by atoms with Crippen LogP contribution >= 0.6 is 0 Å². The van der Waals surface area contributed by atoms with Gasteiger partial charge in [0.25, 0.3) is 5.91 Å². The third-order valence-corrected chi connectivity index (χ3v) is 5.65. The zero-order valence-corrected chi connectivity index (χ0v) is 13.3. The molecule has 1 aromatic carbocycles. The second-order valence-electron chi connectivity index (χ2n) is 5.91. The van der Waals surface area contributed by atoms with E-state index in [0.717, 1.165) is 12.8 Å². The van der Waals surface area contributed by atoms with E-state index in [4.69, 9.17) is 5.11 Å². The Morgan fingerprint density at radius 2 is 1.78 bits per heavy atom. The molecular weight excluding hydrogens is 320 g/mol. The molecule has 2 N–H and O–H groups in total. The van der Waals surface area contributed by atoms with Gasteiger partial charge in [0.05, 0.1) is 4.90 Å². The molecule has 1 saturated heterocycles. The number of nitrogens with one attached hydrogen (secondary N) is 1. The number of sulfonamides is 1. The molecule has 1 unspecified atom stereocenters. The van der Waals surface area contributed by atoms with Crippen molar-refractivity contribution in [3.8, 4) is 0 Å². The Balaban J connectivity index is 1.76. The van der Waals surface area contributed by atoms with Crippen molar-refractivity contribution in [1.82, 2.24) is 9.62 Å². The van der Waals surface area contributed by atoms with E-state index < -0.39 is 22.0 Å². The Labute approximate surface area is 134 Å². The predicted molar refractivity (Wildman–Crippen MR) is 81.5 cm³/mol. The van der Waals surface area contributed by atoms with Crippen molar-refractivity contribution in [3.63, 3.8) is 0 Å². The molecule has 1 amide bonds. The molecule has 124 valence electrons. The topological polar surface area (TPSA) is 104 Å².